The molecule has 340 valence electrons. The third-order valence-corrected chi connectivity index (χ3v) is 14.0. The summed E-state index contributed by atoms with van der Waals surface area (Å²) in [7, 11) is 0. The molecule has 0 saturated carbocycles. The van der Waals surface area contributed by atoms with Crippen molar-refractivity contribution in [2.75, 3.05) is 62.6 Å². The van der Waals surface area contributed by atoms with Gasteiger partial charge in [0.05, 0.1) is 30.3 Å². The lowest BCUT2D eigenvalue weighted by Gasteiger charge is -2.47. The summed E-state index contributed by atoms with van der Waals surface area (Å²) in [6, 6.07) is 13.3. The lowest BCUT2D eigenvalue weighted by atomic mass is 9.71. The van der Waals surface area contributed by atoms with Gasteiger partial charge in [-0.1, -0.05) is 20.8 Å². The fraction of sp³-hybridized carbons (Fsp3) is 0.531. The van der Waals surface area contributed by atoms with Crippen LogP contribution in [-0.4, -0.2) is 120 Å². The molecule has 1 unspecified atom stereocenters. The van der Waals surface area contributed by atoms with Gasteiger partial charge in [-0.25, -0.2) is 0 Å². The van der Waals surface area contributed by atoms with Crippen molar-refractivity contribution in [2.24, 2.45) is 22.5 Å². The number of hydrogen-bond acceptors (Lipinski definition) is 11. The van der Waals surface area contributed by atoms with Gasteiger partial charge in [-0.3, -0.25) is 48.9 Å². The quantitative estimate of drug-likeness (QED) is 0.202. The number of aromatic nitrogens is 1. The molecule has 2 atom stereocenters. The Kier molecular flexibility index (Phi) is 13.2. The molecule has 4 saturated heterocycles. The fourth-order valence-electron chi connectivity index (χ4n) is 10.2. The number of pyridine rings is 1. The predicted octanol–water partition coefficient (Wildman–Crippen LogP) is 5.24. The van der Waals surface area contributed by atoms with E-state index in [9.17, 15) is 28.8 Å². The summed E-state index contributed by atoms with van der Waals surface area (Å²) in [6.45, 7) is 12.1. The Bertz CT molecular complexity index is 2250. The lowest BCUT2D eigenvalue weighted by Crippen LogP contribution is -2.54. The van der Waals surface area contributed by atoms with Crippen molar-refractivity contribution in [3.8, 4) is 16.9 Å². The highest BCUT2D eigenvalue weighted by Gasteiger charge is 2.45. The van der Waals surface area contributed by atoms with E-state index in [2.05, 4.69) is 46.2 Å². The van der Waals surface area contributed by atoms with Gasteiger partial charge in [-0.2, -0.15) is 0 Å². The topological polar surface area (TPSA) is 188 Å². The number of fused-ring (bicyclic) bond motifs is 1. The Morgan fingerprint density at radius 2 is 1.53 bits per heavy atom. The van der Waals surface area contributed by atoms with Crippen LogP contribution in [0.1, 0.15) is 106 Å². The Morgan fingerprint density at radius 1 is 0.859 bits per heavy atom. The fourth-order valence-corrected chi connectivity index (χ4v) is 10.2. The maximum absolute atomic E-state index is 13.6. The number of carbonyl (C=O) groups is 6. The largest absolute Gasteiger partial charge is 0.493 e. The second-order valence-electron chi connectivity index (χ2n) is 19.7. The minimum atomic E-state index is -0.984. The number of ether oxygens (including phenoxy) is 1. The van der Waals surface area contributed by atoms with Crippen LogP contribution < -0.4 is 26.0 Å². The number of nitrogens with zero attached hydrogens (tertiary/aromatic N) is 5. The summed E-state index contributed by atoms with van der Waals surface area (Å²) in [5.74, 6) is -0.832. The molecule has 2 aromatic carbocycles. The highest BCUT2D eigenvalue weighted by molar-refractivity contribution is 6.23. The van der Waals surface area contributed by atoms with Crippen molar-refractivity contribution in [2.45, 2.75) is 97.1 Å². The molecule has 0 radical (unpaired) electrons. The van der Waals surface area contributed by atoms with E-state index in [4.69, 9.17) is 10.5 Å². The van der Waals surface area contributed by atoms with E-state index < -0.39 is 35.7 Å². The molecule has 4 fully saturated rings. The van der Waals surface area contributed by atoms with Gasteiger partial charge in [0, 0.05) is 68.0 Å². The normalized spacial score (nSPS) is 21.2. The average Bonchev–Trinajstić information content (AvgIpc) is 3.52. The van der Waals surface area contributed by atoms with Crippen LogP contribution in [0.3, 0.4) is 0 Å². The minimum absolute atomic E-state index is 0.0686. The molecular weight excluding hydrogens is 813 g/mol. The third-order valence-electron chi connectivity index (χ3n) is 14.0. The SMILES string of the molecule is CC(C)(C)C[C@@H](N)C(=O)Nc1ccc(-c2ccncc2)c(OCCC2CCN(CC(=O)N3CCC4(CC3)CCN(c3ccc5c(c3)C(=O)N(C3CCC(=O)NC3=O)C5=O)CC4)CC2)c1. The van der Waals surface area contributed by atoms with E-state index in [1.165, 1.54) is 0 Å². The summed E-state index contributed by atoms with van der Waals surface area (Å²) in [5, 5.41) is 5.23. The zero-order chi connectivity index (χ0) is 45.2. The summed E-state index contributed by atoms with van der Waals surface area (Å²) in [6.07, 6.45) is 11.1. The number of carbonyl (C=O) groups excluding carboxylic acids is 6. The molecule has 8 rings (SSSR count). The molecule has 6 amide bonds. The van der Waals surface area contributed by atoms with Gasteiger partial charge in [0.1, 0.15) is 11.8 Å². The summed E-state index contributed by atoms with van der Waals surface area (Å²) < 4.78 is 6.43. The number of benzene rings is 2. The maximum atomic E-state index is 13.6. The standard InChI is InChI=1S/C49H62N8O7/c1-48(2,3)30-39(50)44(60)52-34-4-6-36(33-10-19-51-20-11-33)41(28-34)64-27-14-32-12-21-54(22-13-32)31-43(59)56-25-17-49(18-26-56)15-23-55(24-16-49)35-5-7-37-38(29-35)47(63)57(46(37)62)40-8-9-42(58)53-45(40)61/h4-7,10-11,19-20,28-29,32,39-40H,8-9,12-18,21-27,30-31,50H2,1-3H3,(H,52,60)(H,53,58,61)/t39-,40?/m1/s1. The molecular formula is C49H62N8O7. The molecule has 64 heavy (non-hydrogen) atoms. The summed E-state index contributed by atoms with van der Waals surface area (Å²) in [5.41, 5.74) is 10.4. The van der Waals surface area contributed by atoms with Crippen LogP contribution in [0.2, 0.25) is 0 Å². The Morgan fingerprint density at radius 3 is 2.22 bits per heavy atom. The first-order valence-electron chi connectivity index (χ1n) is 23.0. The number of nitrogens with one attached hydrogen (secondary N) is 2. The van der Waals surface area contributed by atoms with Crippen molar-refractivity contribution in [1.82, 2.24) is 25.0 Å². The van der Waals surface area contributed by atoms with Crippen LogP contribution in [0.15, 0.2) is 60.9 Å². The number of imide groups is 2. The van der Waals surface area contributed by atoms with E-state index in [1.807, 2.05) is 41.3 Å². The third kappa shape index (κ3) is 10.2. The minimum Gasteiger partial charge on any atom is -0.493 e. The second kappa shape index (κ2) is 18.8. The van der Waals surface area contributed by atoms with Crippen LogP contribution in [0.4, 0.5) is 11.4 Å². The van der Waals surface area contributed by atoms with E-state index in [-0.39, 0.29) is 41.0 Å². The number of anilines is 2. The zero-order valence-corrected chi connectivity index (χ0v) is 37.4. The number of amides is 6. The number of likely N-dealkylation sites (tertiary alicyclic amines) is 2. The number of rotatable bonds is 12. The van der Waals surface area contributed by atoms with Gasteiger partial charge in [0.2, 0.25) is 23.6 Å². The molecule has 0 bridgehead atoms. The van der Waals surface area contributed by atoms with Crippen molar-refractivity contribution >= 4 is 46.8 Å². The van der Waals surface area contributed by atoms with Gasteiger partial charge < -0.3 is 25.6 Å². The van der Waals surface area contributed by atoms with Crippen molar-refractivity contribution < 1.29 is 33.5 Å². The Hall–Kier alpha value is -5.67. The van der Waals surface area contributed by atoms with Crippen LogP contribution in [-0.2, 0) is 19.2 Å². The second-order valence-corrected chi connectivity index (χ2v) is 19.7. The van der Waals surface area contributed by atoms with Crippen molar-refractivity contribution in [3.63, 3.8) is 0 Å². The monoisotopic (exact) mass is 874 g/mol. The average molecular weight is 875 g/mol. The van der Waals surface area contributed by atoms with Gasteiger partial charge in [-0.05, 0) is 136 Å². The predicted molar refractivity (Wildman–Crippen MR) is 242 cm³/mol. The first kappa shape index (κ1) is 44.9. The summed E-state index contributed by atoms with van der Waals surface area (Å²) in [4.78, 5) is 89.0. The molecule has 1 spiro atoms. The van der Waals surface area contributed by atoms with Crippen LogP contribution >= 0.6 is 0 Å². The molecule has 5 aliphatic rings. The molecule has 4 N–H and O–H groups in total. The molecule has 6 heterocycles. The first-order valence-corrected chi connectivity index (χ1v) is 23.0. The highest BCUT2D eigenvalue weighted by atomic mass is 16.5. The van der Waals surface area contributed by atoms with Crippen LogP contribution in [0.25, 0.3) is 11.1 Å². The number of hydrogen-bond donors (Lipinski definition) is 3. The Labute approximate surface area is 375 Å². The number of nitrogens with two attached hydrogens (primary N) is 1. The Balaban J connectivity index is 0.768. The molecule has 0 aliphatic carbocycles. The van der Waals surface area contributed by atoms with E-state index in [1.54, 1.807) is 24.5 Å². The van der Waals surface area contributed by atoms with Crippen LogP contribution in [0.5, 0.6) is 5.75 Å². The summed E-state index contributed by atoms with van der Waals surface area (Å²) >= 11 is 0. The van der Waals surface area contributed by atoms with Crippen molar-refractivity contribution in [1.29, 1.82) is 0 Å². The maximum Gasteiger partial charge on any atom is 0.262 e. The van der Waals surface area contributed by atoms with E-state index >= 15 is 0 Å². The first-order chi connectivity index (χ1) is 30.6. The molecule has 5 aliphatic heterocycles. The highest BCUT2D eigenvalue weighted by Crippen LogP contribution is 2.43. The van der Waals surface area contributed by atoms with Crippen molar-refractivity contribution in [3.05, 3.63) is 72.1 Å². The van der Waals surface area contributed by atoms with Gasteiger partial charge in [-0.15, -0.1) is 0 Å². The number of piperidine rings is 4. The van der Waals surface area contributed by atoms with Crippen LogP contribution in [0, 0.1) is 16.7 Å². The van der Waals surface area contributed by atoms with Gasteiger partial charge in [0.15, 0.2) is 0 Å². The van der Waals surface area contributed by atoms with E-state index in [0.717, 1.165) is 106 Å². The molecule has 15 nitrogen and oxygen atoms in total. The van der Waals surface area contributed by atoms with Gasteiger partial charge in [0.25, 0.3) is 11.8 Å². The zero-order valence-electron chi connectivity index (χ0n) is 37.4. The molecule has 1 aromatic heterocycles. The van der Waals surface area contributed by atoms with E-state index in [0.29, 0.717) is 42.5 Å². The van der Waals surface area contributed by atoms with Gasteiger partial charge >= 0.3 is 0 Å². The lowest BCUT2D eigenvalue weighted by molar-refractivity contribution is -0.137. The smallest absolute Gasteiger partial charge is 0.262 e. The molecule has 3 aromatic rings. The molecule has 15 heteroatoms.